The van der Waals surface area contributed by atoms with Crippen LogP contribution in [0.4, 0.5) is 0 Å². The van der Waals surface area contributed by atoms with E-state index in [0.29, 0.717) is 0 Å². The highest BCUT2D eigenvalue weighted by molar-refractivity contribution is 5.15. The average Bonchev–Trinajstić information content (AvgIpc) is 2.69. The fourth-order valence-electron chi connectivity index (χ4n) is 1.65. The molecule has 106 valence electrons. The summed E-state index contributed by atoms with van der Waals surface area (Å²) in [6.45, 7) is 4.97. The minimum atomic E-state index is -0.867. The molecule has 1 heterocycles. The Hall–Kier alpha value is -1.32. The summed E-state index contributed by atoms with van der Waals surface area (Å²) < 4.78 is 10.7. The van der Waals surface area contributed by atoms with Gasteiger partial charge in [0.2, 0.25) is 0 Å². The van der Waals surface area contributed by atoms with Gasteiger partial charge in [-0.2, -0.15) is 0 Å². The van der Waals surface area contributed by atoms with Crippen molar-refractivity contribution in [2.45, 2.75) is 45.5 Å². The molecule has 1 aliphatic heterocycles. The molecule has 1 aliphatic rings. The zero-order chi connectivity index (χ0) is 13.9. The van der Waals surface area contributed by atoms with Crippen molar-refractivity contribution < 1.29 is 14.6 Å². The number of hydrogen-bond acceptors (Lipinski definition) is 3. The second-order valence-electron chi connectivity index (χ2n) is 4.49. The van der Waals surface area contributed by atoms with E-state index in [1.807, 2.05) is 36.4 Å². The maximum atomic E-state index is 9.87. The summed E-state index contributed by atoms with van der Waals surface area (Å²) in [5.41, 5.74) is 0.779. The van der Waals surface area contributed by atoms with Gasteiger partial charge in [-0.3, -0.25) is 0 Å². The van der Waals surface area contributed by atoms with Crippen molar-refractivity contribution in [1.82, 2.24) is 0 Å². The molecule has 0 radical (unpaired) electrons. The van der Waals surface area contributed by atoms with Gasteiger partial charge in [-0.15, -0.1) is 0 Å². The van der Waals surface area contributed by atoms with Crippen LogP contribution in [0.25, 0.3) is 0 Å². The molecular weight excluding hydrogens is 240 g/mol. The van der Waals surface area contributed by atoms with E-state index >= 15 is 0 Å². The third kappa shape index (κ3) is 6.41. The van der Waals surface area contributed by atoms with Gasteiger partial charge in [0.1, 0.15) is 0 Å². The molecule has 1 aromatic rings. The van der Waals surface area contributed by atoms with Gasteiger partial charge in [-0.05, 0) is 18.9 Å². The molecule has 0 fully saturated rings. The summed E-state index contributed by atoms with van der Waals surface area (Å²) in [6.07, 6.45) is 5.63. The van der Waals surface area contributed by atoms with Gasteiger partial charge in [-0.25, -0.2) is 0 Å². The Morgan fingerprint density at radius 1 is 1.32 bits per heavy atom. The van der Waals surface area contributed by atoms with Gasteiger partial charge < -0.3 is 14.6 Å². The summed E-state index contributed by atoms with van der Waals surface area (Å²) >= 11 is 0. The monoisotopic (exact) mass is 264 g/mol. The van der Waals surface area contributed by atoms with E-state index in [0.717, 1.165) is 25.0 Å². The van der Waals surface area contributed by atoms with Crippen molar-refractivity contribution in [1.29, 1.82) is 0 Å². The van der Waals surface area contributed by atoms with Gasteiger partial charge in [0, 0.05) is 5.56 Å². The standard InChI is InChI=1S/C13H16O3.C3H8/c14-13(11-5-2-1-3-6-11)16-12-7-4-9-15-10-8-12;1-3-2/h1-3,5-6,8,10,12-14H,4,7,9H2;3H2,1-2H3/t12-,13?;/m0./s1. The zero-order valence-corrected chi connectivity index (χ0v) is 11.8. The summed E-state index contributed by atoms with van der Waals surface area (Å²) in [6, 6.07) is 9.38. The Labute approximate surface area is 115 Å². The predicted octanol–water partition coefficient (Wildman–Crippen LogP) is 3.80. The molecule has 3 nitrogen and oxygen atoms in total. The number of benzene rings is 1. The molecule has 1 N–H and O–H groups in total. The molecule has 0 saturated heterocycles. The molecule has 1 aromatic carbocycles. The zero-order valence-electron chi connectivity index (χ0n) is 11.8. The number of aliphatic hydroxyl groups excluding tert-OH is 1. The van der Waals surface area contributed by atoms with E-state index in [2.05, 4.69) is 13.8 Å². The number of rotatable bonds is 3. The molecular formula is C16H24O3. The van der Waals surface area contributed by atoms with Gasteiger partial charge in [0.05, 0.1) is 19.0 Å². The minimum absolute atomic E-state index is 0.0716. The Kier molecular flexibility index (Phi) is 7.94. The van der Waals surface area contributed by atoms with E-state index in [1.165, 1.54) is 6.42 Å². The first-order valence-electron chi connectivity index (χ1n) is 6.94. The normalized spacial score (nSPS) is 19.6. The van der Waals surface area contributed by atoms with Crippen LogP contribution < -0.4 is 0 Å². The summed E-state index contributed by atoms with van der Waals surface area (Å²) in [4.78, 5) is 0. The smallest absolute Gasteiger partial charge is 0.181 e. The van der Waals surface area contributed by atoms with Crippen molar-refractivity contribution in [3.63, 3.8) is 0 Å². The van der Waals surface area contributed by atoms with Crippen LogP contribution in [-0.4, -0.2) is 17.8 Å². The molecule has 0 aromatic heterocycles. The quantitative estimate of drug-likeness (QED) is 0.844. The molecule has 0 bridgehead atoms. The largest absolute Gasteiger partial charge is 0.501 e. The van der Waals surface area contributed by atoms with Gasteiger partial charge >= 0.3 is 0 Å². The first-order valence-corrected chi connectivity index (χ1v) is 6.94. The average molecular weight is 264 g/mol. The highest BCUT2D eigenvalue weighted by Crippen LogP contribution is 2.19. The highest BCUT2D eigenvalue weighted by Gasteiger charge is 2.14. The SMILES string of the molecule is CCC.OC(O[C@@H]1C=COCCC1)c1ccccc1. The van der Waals surface area contributed by atoms with Gasteiger partial charge in [0.25, 0.3) is 0 Å². The van der Waals surface area contributed by atoms with Crippen molar-refractivity contribution in [2.24, 2.45) is 0 Å². The predicted molar refractivity (Wildman–Crippen MR) is 76.6 cm³/mol. The summed E-state index contributed by atoms with van der Waals surface area (Å²) in [5, 5.41) is 9.87. The lowest BCUT2D eigenvalue weighted by molar-refractivity contribution is -0.127. The third-order valence-electron chi connectivity index (χ3n) is 2.53. The van der Waals surface area contributed by atoms with Crippen LogP contribution >= 0.6 is 0 Å². The maximum absolute atomic E-state index is 9.87. The van der Waals surface area contributed by atoms with Crippen LogP contribution in [0.15, 0.2) is 42.7 Å². The molecule has 0 amide bonds. The highest BCUT2D eigenvalue weighted by atomic mass is 16.6. The summed E-state index contributed by atoms with van der Waals surface area (Å²) in [7, 11) is 0. The van der Waals surface area contributed by atoms with Gasteiger partial charge in [-0.1, -0.05) is 50.6 Å². The fourth-order valence-corrected chi connectivity index (χ4v) is 1.65. The first-order chi connectivity index (χ1) is 9.27. The Morgan fingerprint density at radius 3 is 2.68 bits per heavy atom. The molecule has 19 heavy (non-hydrogen) atoms. The Morgan fingerprint density at radius 2 is 2.00 bits per heavy atom. The van der Waals surface area contributed by atoms with Crippen LogP contribution in [-0.2, 0) is 9.47 Å². The topological polar surface area (TPSA) is 38.7 Å². The van der Waals surface area contributed by atoms with Crippen LogP contribution in [0.5, 0.6) is 0 Å². The Balaban J connectivity index is 0.000000550. The van der Waals surface area contributed by atoms with Crippen LogP contribution in [0.2, 0.25) is 0 Å². The molecule has 0 spiro atoms. The van der Waals surface area contributed by atoms with Gasteiger partial charge in [0.15, 0.2) is 6.29 Å². The van der Waals surface area contributed by atoms with E-state index < -0.39 is 6.29 Å². The first kappa shape index (κ1) is 15.7. The van der Waals surface area contributed by atoms with E-state index in [1.54, 1.807) is 6.26 Å². The lowest BCUT2D eigenvalue weighted by atomic mass is 10.2. The molecule has 1 unspecified atom stereocenters. The van der Waals surface area contributed by atoms with Crippen LogP contribution in [0, 0.1) is 0 Å². The molecule has 2 atom stereocenters. The van der Waals surface area contributed by atoms with E-state index in [-0.39, 0.29) is 6.10 Å². The van der Waals surface area contributed by atoms with Crippen molar-refractivity contribution >= 4 is 0 Å². The second kappa shape index (κ2) is 9.59. The molecule has 2 rings (SSSR count). The lowest BCUT2D eigenvalue weighted by Gasteiger charge is -2.17. The lowest BCUT2D eigenvalue weighted by Crippen LogP contribution is -2.14. The van der Waals surface area contributed by atoms with Crippen LogP contribution in [0.3, 0.4) is 0 Å². The second-order valence-corrected chi connectivity index (χ2v) is 4.49. The number of ether oxygens (including phenoxy) is 2. The Bertz CT molecular complexity index is 348. The minimum Gasteiger partial charge on any atom is -0.501 e. The van der Waals surface area contributed by atoms with Crippen molar-refractivity contribution in [3.8, 4) is 0 Å². The molecule has 3 heteroatoms. The molecule has 0 aliphatic carbocycles. The van der Waals surface area contributed by atoms with E-state index in [4.69, 9.17) is 9.47 Å². The van der Waals surface area contributed by atoms with E-state index in [9.17, 15) is 5.11 Å². The maximum Gasteiger partial charge on any atom is 0.181 e. The van der Waals surface area contributed by atoms with Crippen molar-refractivity contribution in [3.05, 3.63) is 48.2 Å². The molecule has 0 saturated carbocycles. The number of hydrogen-bond donors (Lipinski definition) is 1. The summed E-state index contributed by atoms with van der Waals surface area (Å²) in [5.74, 6) is 0. The number of aliphatic hydroxyl groups is 1. The van der Waals surface area contributed by atoms with Crippen LogP contribution in [0.1, 0.15) is 45.0 Å². The third-order valence-corrected chi connectivity index (χ3v) is 2.53. The fraction of sp³-hybridized carbons (Fsp3) is 0.500. The van der Waals surface area contributed by atoms with Crippen molar-refractivity contribution in [2.75, 3.05) is 6.61 Å².